The van der Waals surface area contributed by atoms with Crippen molar-refractivity contribution < 1.29 is 0 Å². The van der Waals surface area contributed by atoms with Crippen LogP contribution < -0.4 is 5.32 Å². The minimum atomic E-state index is 0.226. The van der Waals surface area contributed by atoms with Crippen LogP contribution >= 0.6 is 12.6 Å². The van der Waals surface area contributed by atoms with Crippen LogP contribution in [0, 0.1) is 6.92 Å². The lowest BCUT2D eigenvalue weighted by molar-refractivity contribution is 0.588. The summed E-state index contributed by atoms with van der Waals surface area (Å²) in [6, 6.07) is 6.72. The van der Waals surface area contributed by atoms with Crippen molar-refractivity contribution in [2.24, 2.45) is 0 Å². The van der Waals surface area contributed by atoms with Crippen LogP contribution in [-0.4, -0.2) is 5.88 Å². The van der Waals surface area contributed by atoms with E-state index in [0.717, 1.165) is 12.4 Å². The lowest BCUT2D eigenvalue weighted by Gasteiger charge is -2.21. The molecule has 0 aliphatic carbocycles. The van der Waals surface area contributed by atoms with Gasteiger partial charge in [-0.2, -0.15) is 12.6 Å². The number of hydrogen-bond acceptors (Lipinski definition) is 2. The van der Waals surface area contributed by atoms with Crippen molar-refractivity contribution >= 4 is 12.6 Å². The van der Waals surface area contributed by atoms with Crippen molar-refractivity contribution in [1.29, 1.82) is 0 Å². The minimum absolute atomic E-state index is 0.226. The lowest BCUT2D eigenvalue weighted by Crippen LogP contribution is -2.15. The molecule has 0 aliphatic rings. The molecule has 15 heavy (non-hydrogen) atoms. The van der Waals surface area contributed by atoms with Gasteiger partial charge in [0.1, 0.15) is 0 Å². The van der Waals surface area contributed by atoms with Crippen molar-refractivity contribution in [1.82, 2.24) is 5.32 Å². The molecule has 0 radical (unpaired) electrons. The van der Waals surface area contributed by atoms with E-state index in [0.29, 0.717) is 0 Å². The quantitative estimate of drug-likeness (QED) is 0.592. The van der Waals surface area contributed by atoms with E-state index in [2.05, 4.69) is 63.8 Å². The summed E-state index contributed by atoms with van der Waals surface area (Å²) in [7, 11) is 0. The summed E-state index contributed by atoms with van der Waals surface area (Å²) in [5.41, 5.74) is 4.33. The number of benzene rings is 1. The molecule has 1 rings (SSSR count). The fraction of sp³-hybridized carbons (Fsp3) is 0.538. The second-order valence-corrected chi connectivity index (χ2v) is 5.29. The second kappa shape index (κ2) is 5.04. The van der Waals surface area contributed by atoms with Gasteiger partial charge >= 0.3 is 0 Å². The molecule has 0 saturated carbocycles. The highest BCUT2D eigenvalue weighted by molar-refractivity contribution is 7.80. The first-order valence-electron chi connectivity index (χ1n) is 5.36. The average Bonchev–Trinajstić information content (AvgIpc) is 2.15. The van der Waals surface area contributed by atoms with E-state index in [1.54, 1.807) is 0 Å². The largest absolute Gasteiger partial charge is 0.304 e. The van der Waals surface area contributed by atoms with Gasteiger partial charge < -0.3 is 5.32 Å². The molecule has 1 N–H and O–H groups in total. The Morgan fingerprint density at radius 2 is 1.93 bits per heavy atom. The predicted octanol–water partition coefficient (Wildman–Crippen LogP) is 3.27. The smallest absolute Gasteiger partial charge is 0.0390 e. The Kier molecular flexibility index (Phi) is 4.23. The summed E-state index contributed by atoms with van der Waals surface area (Å²) in [5.74, 6) is 0.721. The Morgan fingerprint density at radius 3 is 2.47 bits per heavy atom. The van der Waals surface area contributed by atoms with Gasteiger partial charge in [-0.15, -0.1) is 0 Å². The monoisotopic (exact) mass is 223 g/mol. The third-order valence-electron chi connectivity index (χ3n) is 2.64. The summed E-state index contributed by atoms with van der Waals surface area (Å²) < 4.78 is 0. The van der Waals surface area contributed by atoms with Crippen LogP contribution in [0.5, 0.6) is 0 Å². The van der Waals surface area contributed by atoms with Gasteiger partial charge in [0, 0.05) is 12.4 Å². The first kappa shape index (κ1) is 12.6. The van der Waals surface area contributed by atoms with Crippen molar-refractivity contribution in [3.8, 4) is 0 Å². The zero-order valence-electron chi connectivity index (χ0n) is 10.1. The molecule has 1 aromatic rings. The molecule has 1 nitrogen and oxygen atoms in total. The first-order valence-corrected chi connectivity index (χ1v) is 6.00. The molecule has 1 aromatic carbocycles. The van der Waals surface area contributed by atoms with Crippen LogP contribution in [0.25, 0.3) is 0 Å². The third kappa shape index (κ3) is 3.54. The zero-order chi connectivity index (χ0) is 11.5. The normalized spacial score (nSPS) is 11.8. The van der Waals surface area contributed by atoms with Crippen molar-refractivity contribution in [2.75, 3.05) is 5.88 Å². The fourth-order valence-electron chi connectivity index (χ4n) is 1.52. The minimum Gasteiger partial charge on any atom is -0.304 e. The van der Waals surface area contributed by atoms with E-state index in [4.69, 9.17) is 0 Å². The molecule has 84 valence electrons. The molecule has 0 saturated heterocycles. The van der Waals surface area contributed by atoms with E-state index < -0.39 is 0 Å². The molecular weight excluding hydrogens is 202 g/mol. The third-order valence-corrected chi connectivity index (χ3v) is 2.87. The van der Waals surface area contributed by atoms with E-state index in [9.17, 15) is 0 Å². The molecule has 0 unspecified atom stereocenters. The molecular formula is C13H21NS. The van der Waals surface area contributed by atoms with Crippen molar-refractivity contribution in [3.05, 3.63) is 34.9 Å². The molecule has 0 aromatic heterocycles. The topological polar surface area (TPSA) is 12.0 Å². The van der Waals surface area contributed by atoms with E-state index in [-0.39, 0.29) is 5.41 Å². The summed E-state index contributed by atoms with van der Waals surface area (Å²) in [6.45, 7) is 9.79. The number of hydrogen-bond donors (Lipinski definition) is 2. The number of aryl methyl sites for hydroxylation is 1. The fourth-order valence-corrected chi connectivity index (χ4v) is 1.63. The van der Waals surface area contributed by atoms with Crippen LogP contribution in [0.2, 0.25) is 0 Å². The highest BCUT2D eigenvalue weighted by atomic mass is 32.1. The van der Waals surface area contributed by atoms with Crippen LogP contribution in [0.3, 0.4) is 0 Å². The Bertz CT molecular complexity index is 326. The van der Waals surface area contributed by atoms with Gasteiger partial charge in [-0.3, -0.25) is 0 Å². The molecule has 0 amide bonds. The van der Waals surface area contributed by atoms with Crippen molar-refractivity contribution in [2.45, 2.75) is 39.7 Å². The maximum atomic E-state index is 4.16. The number of thiol groups is 1. The standard InChI is InChI=1S/C13H21NS/c1-10-5-6-12(13(2,3)4)7-11(10)8-14-9-15/h5-7,14-15H,8-9H2,1-4H3. The molecule has 0 heterocycles. The second-order valence-electron chi connectivity index (χ2n) is 4.98. The Hall–Kier alpha value is -0.470. The Balaban J connectivity index is 2.95. The highest BCUT2D eigenvalue weighted by Crippen LogP contribution is 2.24. The van der Waals surface area contributed by atoms with Gasteiger partial charge in [0.15, 0.2) is 0 Å². The summed E-state index contributed by atoms with van der Waals surface area (Å²) >= 11 is 4.16. The van der Waals surface area contributed by atoms with Gasteiger partial charge in [0.2, 0.25) is 0 Å². The van der Waals surface area contributed by atoms with Crippen molar-refractivity contribution in [3.63, 3.8) is 0 Å². The molecule has 0 bridgehead atoms. The van der Waals surface area contributed by atoms with Gasteiger partial charge in [0.05, 0.1) is 0 Å². The number of rotatable bonds is 3. The molecule has 0 spiro atoms. The predicted molar refractivity (Wildman–Crippen MR) is 70.6 cm³/mol. The summed E-state index contributed by atoms with van der Waals surface area (Å²) in [5, 5.41) is 3.25. The zero-order valence-corrected chi connectivity index (χ0v) is 11.0. The molecule has 2 heteroatoms. The highest BCUT2D eigenvalue weighted by Gasteiger charge is 2.14. The molecule has 0 atom stereocenters. The molecule has 0 aliphatic heterocycles. The first-order chi connectivity index (χ1) is 6.95. The maximum absolute atomic E-state index is 4.16. The summed E-state index contributed by atoms with van der Waals surface area (Å²) in [4.78, 5) is 0. The SMILES string of the molecule is Cc1ccc(C(C)(C)C)cc1CNCS. The Labute approximate surface area is 98.7 Å². The van der Waals surface area contributed by atoms with Crippen LogP contribution in [0.1, 0.15) is 37.5 Å². The number of nitrogens with one attached hydrogen (secondary N) is 1. The maximum Gasteiger partial charge on any atom is 0.0390 e. The van der Waals surface area contributed by atoms with Crippen LogP contribution in [-0.2, 0) is 12.0 Å². The Morgan fingerprint density at radius 1 is 1.27 bits per heavy atom. The van der Waals surface area contributed by atoms with E-state index in [1.807, 2.05) is 0 Å². The van der Waals surface area contributed by atoms with Gasteiger partial charge in [0.25, 0.3) is 0 Å². The lowest BCUT2D eigenvalue weighted by atomic mass is 9.85. The van der Waals surface area contributed by atoms with Crippen LogP contribution in [0.4, 0.5) is 0 Å². The van der Waals surface area contributed by atoms with E-state index >= 15 is 0 Å². The van der Waals surface area contributed by atoms with Crippen LogP contribution in [0.15, 0.2) is 18.2 Å². The van der Waals surface area contributed by atoms with Gasteiger partial charge in [-0.05, 0) is 29.0 Å². The average molecular weight is 223 g/mol. The summed E-state index contributed by atoms with van der Waals surface area (Å²) in [6.07, 6.45) is 0. The van der Waals surface area contributed by atoms with Gasteiger partial charge in [-0.25, -0.2) is 0 Å². The molecule has 0 fully saturated rings. The van der Waals surface area contributed by atoms with E-state index in [1.165, 1.54) is 16.7 Å². The van der Waals surface area contributed by atoms with Gasteiger partial charge in [-0.1, -0.05) is 39.0 Å².